The summed E-state index contributed by atoms with van der Waals surface area (Å²) in [6.07, 6.45) is -2.37. The number of carbonyl (C=O) groups is 8. The number of hydrogen-bond donors (Lipinski definition) is 14. The summed E-state index contributed by atoms with van der Waals surface area (Å²) in [4.78, 5) is 107. The number of aliphatic carboxylic acids is 1. The molecule has 0 rings (SSSR count). The highest BCUT2D eigenvalue weighted by molar-refractivity contribution is 5.97. The predicted octanol–water partition coefficient (Wildman–Crippen LogP) is -5.02. The molecule has 10 atom stereocenters. The fourth-order valence-corrected chi connectivity index (χ4v) is 5.40. The van der Waals surface area contributed by atoms with Crippen molar-refractivity contribution in [3.63, 3.8) is 0 Å². The number of carbonyl (C=O) groups excluding carboxylic acids is 7. The van der Waals surface area contributed by atoms with Crippen LogP contribution in [0.4, 0.5) is 0 Å². The Morgan fingerprint density at radius 1 is 0.644 bits per heavy atom. The van der Waals surface area contributed by atoms with Gasteiger partial charge in [-0.2, -0.15) is 0 Å². The molecule has 0 unspecified atom stereocenters. The minimum Gasteiger partial charge on any atom is -0.480 e. The Morgan fingerprint density at radius 2 is 1.14 bits per heavy atom. The first kappa shape index (κ1) is 53.9. The number of nitrogens with one attached hydrogen (secondary N) is 7. The van der Waals surface area contributed by atoms with Gasteiger partial charge in [-0.15, -0.1) is 0 Å². The molecule has 0 aromatic rings. The van der Waals surface area contributed by atoms with Crippen molar-refractivity contribution in [1.29, 1.82) is 0 Å². The third-order valence-corrected chi connectivity index (χ3v) is 9.04. The molecule has 0 aromatic heterocycles. The van der Waals surface area contributed by atoms with Crippen LogP contribution >= 0.6 is 0 Å². The van der Waals surface area contributed by atoms with Gasteiger partial charge in [0.15, 0.2) is 5.96 Å². The molecule has 23 nitrogen and oxygen atoms in total. The lowest BCUT2D eigenvalue weighted by molar-refractivity contribution is -0.143. The third kappa shape index (κ3) is 19.9. The smallest absolute Gasteiger partial charge is 0.326 e. The van der Waals surface area contributed by atoms with Crippen LogP contribution in [-0.2, 0) is 38.4 Å². The number of guanidine groups is 1. The maximum Gasteiger partial charge on any atom is 0.326 e. The topological polar surface area (TPSA) is 392 Å². The van der Waals surface area contributed by atoms with E-state index in [0.29, 0.717) is 12.8 Å². The number of amides is 7. The number of aliphatic hydroxyl groups is 3. The van der Waals surface area contributed by atoms with Crippen molar-refractivity contribution in [3.8, 4) is 0 Å². The minimum absolute atomic E-state index is 0.0723. The average molecular weight is 846 g/mol. The lowest BCUT2D eigenvalue weighted by atomic mass is 9.97. The van der Waals surface area contributed by atoms with E-state index in [9.17, 15) is 58.8 Å². The molecule has 7 amide bonds. The van der Waals surface area contributed by atoms with E-state index >= 15 is 0 Å². The van der Waals surface area contributed by atoms with Gasteiger partial charge in [0.25, 0.3) is 0 Å². The first-order valence-electron chi connectivity index (χ1n) is 19.5. The van der Waals surface area contributed by atoms with Gasteiger partial charge >= 0.3 is 5.97 Å². The summed E-state index contributed by atoms with van der Waals surface area (Å²) < 4.78 is 0. The molecule has 0 spiro atoms. The van der Waals surface area contributed by atoms with Crippen LogP contribution in [0, 0.1) is 17.8 Å². The molecular weight excluding hydrogens is 778 g/mol. The predicted molar refractivity (Wildman–Crippen MR) is 214 cm³/mol. The van der Waals surface area contributed by atoms with Crippen LogP contribution in [0.15, 0.2) is 4.99 Å². The van der Waals surface area contributed by atoms with Gasteiger partial charge in [0, 0.05) is 6.54 Å². The molecule has 338 valence electrons. The second-order valence-electron chi connectivity index (χ2n) is 15.2. The molecule has 17 N–H and O–H groups in total. The van der Waals surface area contributed by atoms with Crippen molar-refractivity contribution >= 4 is 53.3 Å². The first-order chi connectivity index (χ1) is 27.4. The van der Waals surface area contributed by atoms with Crippen molar-refractivity contribution < 1.29 is 58.8 Å². The van der Waals surface area contributed by atoms with Crippen LogP contribution in [0.25, 0.3) is 0 Å². The van der Waals surface area contributed by atoms with E-state index in [2.05, 4.69) is 42.2 Å². The largest absolute Gasteiger partial charge is 0.480 e. The number of aliphatic hydroxyl groups excluding tert-OH is 3. The summed E-state index contributed by atoms with van der Waals surface area (Å²) in [5, 5.41) is 56.5. The second kappa shape index (κ2) is 26.8. The molecule has 0 aliphatic heterocycles. The Hall–Kier alpha value is -5.13. The van der Waals surface area contributed by atoms with Gasteiger partial charge in [0.1, 0.15) is 36.3 Å². The molecule has 59 heavy (non-hydrogen) atoms. The highest BCUT2D eigenvalue weighted by Crippen LogP contribution is 2.10. The van der Waals surface area contributed by atoms with Crippen molar-refractivity contribution in [2.45, 2.75) is 136 Å². The zero-order chi connectivity index (χ0) is 45.7. The molecule has 0 saturated carbocycles. The molecule has 0 aliphatic rings. The zero-order valence-electron chi connectivity index (χ0n) is 35.1. The minimum atomic E-state index is -1.73. The summed E-state index contributed by atoms with van der Waals surface area (Å²) in [6, 6.07) is -9.73. The summed E-state index contributed by atoms with van der Waals surface area (Å²) in [6.45, 7) is 11.1. The quantitative estimate of drug-likeness (QED) is 0.0209. The first-order valence-corrected chi connectivity index (χ1v) is 19.5. The van der Waals surface area contributed by atoms with E-state index in [-0.39, 0.29) is 31.3 Å². The van der Waals surface area contributed by atoms with Crippen LogP contribution < -0.4 is 54.4 Å². The van der Waals surface area contributed by atoms with Gasteiger partial charge < -0.3 is 74.8 Å². The number of carboxylic acids is 1. The SMILES string of the molecule is CC[C@H](C)[C@H](NC(=O)[C@H](CO)NC(=O)[C@@H](NC(=O)[C@@H](N)CC(C)C)C(C)C)C(=O)NCC(=O)N[C@H](C(=O)N[C@H](C(=O)N[C@@H](CCCN=C(N)N)C(=O)O)[C@@H](C)O)[C@@H](C)O. The second-order valence-corrected chi connectivity index (χ2v) is 15.2. The van der Waals surface area contributed by atoms with Crippen molar-refractivity contribution in [2.75, 3.05) is 19.7 Å². The lowest BCUT2D eigenvalue weighted by Gasteiger charge is -2.28. The van der Waals surface area contributed by atoms with Crippen molar-refractivity contribution in [3.05, 3.63) is 0 Å². The average Bonchev–Trinajstić information content (AvgIpc) is 3.14. The monoisotopic (exact) mass is 845 g/mol. The summed E-state index contributed by atoms with van der Waals surface area (Å²) in [5.74, 6) is -8.85. The van der Waals surface area contributed by atoms with E-state index in [1.54, 1.807) is 27.7 Å². The van der Waals surface area contributed by atoms with Crippen molar-refractivity contribution in [2.24, 2.45) is 39.9 Å². The number of aliphatic imine (C=N–C) groups is 1. The van der Waals surface area contributed by atoms with Gasteiger partial charge in [-0.25, -0.2) is 4.79 Å². The Bertz CT molecular complexity index is 1460. The standard InChI is InChI=1S/C36H67N11O12/c1-9-18(6)26(46-30(53)23(15-48)43-32(55)25(17(4)5)45-29(52)21(37)13-16(2)3)31(54)41-14-24(51)44-27(19(7)49)34(57)47-28(20(8)50)33(56)42-22(35(58)59)11-10-12-40-36(38)39/h16-23,25-28,48-50H,9-15,37H2,1-8H3,(H,41,54)(H,42,56)(H,43,55)(H,44,51)(H,45,52)(H,46,53)(H,47,57)(H,58,59)(H4,38,39,40)/t18-,19+,20+,21-,22-,23-,25-,26-,27-,28-/m0/s1. The molecule has 23 heteroatoms. The fourth-order valence-electron chi connectivity index (χ4n) is 5.40. The number of carboxylic acid groups (broad SMARTS) is 1. The lowest BCUT2D eigenvalue weighted by Crippen LogP contribution is -2.62. The molecule has 0 heterocycles. The normalized spacial score (nSPS) is 16.3. The van der Waals surface area contributed by atoms with E-state index < -0.39 is 127 Å². The summed E-state index contributed by atoms with van der Waals surface area (Å²) >= 11 is 0. The molecule has 0 aliphatic carbocycles. The third-order valence-electron chi connectivity index (χ3n) is 9.04. The van der Waals surface area contributed by atoms with Gasteiger partial charge in [-0.1, -0.05) is 48.0 Å². The van der Waals surface area contributed by atoms with Crippen LogP contribution in [0.3, 0.4) is 0 Å². The molecular formula is C36H67N11O12. The zero-order valence-corrected chi connectivity index (χ0v) is 35.1. The van der Waals surface area contributed by atoms with Crippen molar-refractivity contribution in [1.82, 2.24) is 37.2 Å². The van der Waals surface area contributed by atoms with E-state index in [0.717, 1.165) is 13.8 Å². The Balaban J connectivity index is 5.71. The van der Waals surface area contributed by atoms with Crippen LogP contribution in [0.2, 0.25) is 0 Å². The van der Waals surface area contributed by atoms with Gasteiger partial charge in [-0.3, -0.25) is 38.6 Å². The number of nitrogens with two attached hydrogens (primary N) is 3. The number of rotatable bonds is 27. The van der Waals surface area contributed by atoms with E-state index in [4.69, 9.17) is 17.2 Å². The molecule has 0 saturated heterocycles. The molecule has 0 radical (unpaired) electrons. The Morgan fingerprint density at radius 3 is 1.61 bits per heavy atom. The molecule has 0 bridgehead atoms. The highest BCUT2D eigenvalue weighted by Gasteiger charge is 2.35. The Labute approximate surface area is 344 Å². The van der Waals surface area contributed by atoms with Crippen LogP contribution in [-0.4, -0.2) is 148 Å². The fraction of sp³-hybridized carbons (Fsp3) is 0.750. The number of nitrogens with zero attached hydrogens (tertiary/aromatic N) is 1. The van der Waals surface area contributed by atoms with Gasteiger partial charge in [0.2, 0.25) is 41.4 Å². The van der Waals surface area contributed by atoms with Gasteiger partial charge in [0.05, 0.1) is 31.4 Å². The molecule has 0 fully saturated rings. The molecule has 0 aromatic carbocycles. The Kier molecular flexibility index (Phi) is 24.5. The maximum atomic E-state index is 13.3. The maximum absolute atomic E-state index is 13.3. The van der Waals surface area contributed by atoms with Crippen LogP contribution in [0.1, 0.15) is 81.1 Å². The van der Waals surface area contributed by atoms with E-state index in [1.165, 1.54) is 0 Å². The van der Waals surface area contributed by atoms with Gasteiger partial charge in [-0.05, 0) is 50.9 Å². The summed E-state index contributed by atoms with van der Waals surface area (Å²) in [7, 11) is 0. The number of hydrogen-bond acceptors (Lipinski definition) is 13. The van der Waals surface area contributed by atoms with E-state index in [1.807, 2.05) is 13.8 Å². The highest BCUT2D eigenvalue weighted by atomic mass is 16.4. The summed E-state index contributed by atoms with van der Waals surface area (Å²) in [5.41, 5.74) is 16.5. The van der Waals surface area contributed by atoms with Crippen LogP contribution in [0.5, 0.6) is 0 Å².